The van der Waals surface area contributed by atoms with E-state index in [1.807, 2.05) is 12.1 Å². The first-order valence-corrected chi connectivity index (χ1v) is 10.4. The van der Waals surface area contributed by atoms with E-state index in [2.05, 4.69) is 30.1 Å². The zero-order valence-electron chi connectivity index (χ0n) is 18.1. The summed E-state index contributed by atoms with van der Waals surface area (Å²) in [5, 5.41) is 18.3. The van der Waals surface area contributed by atoms with Crippen molar-refractivity contribution in [3.8, 4) is 0 Å². The lowest BCUT2D eigenvalue weighted by Gasteiger charge is -2.31. The van der Waals surface area contributed by atoms with Crippen LogP contribution in [0.15, 0.2) is 42.6 Å². The number of aromatic carboxylic acids is 2. The molecule has 5 N–H and O–H groups in total. The number of benzene rings is 2. The van der Waals surface area contributed by atoms with Crippen LogP contribution in [-0.4, -0.2) is 57.6 Å². The normalized spacial score (nSPS) is 14.7. The van der Waals surface area contributed by atoms with Crippen LogP contribution in [0, 0.1) is 0 Å². The molecule has 2 aromatic carbocycles. The van der Waals surface area contributed by atoms with Crippen LogP contribution in [0.5, 0.6) is 0 Å². The Hall–Kier alpha value is -3.65. The second kappa shape index (κ2) is 9.65. The van der Waals surface area contributed by atoms with E-state index in [-0.39, 0.29) is 17.0 Å². The molecular formula is C24H27N3O5. The Morgan fingerprint density at radius 2 is 1.66 bits per heavy atom. The molecule has 0 spiro atoms. The van der Waals surface area contributed by atoms with E-state index < -0.39 is 11.9 Å². The molecule has 0 fully saturated rings. The van der Waals surface area contributed by atoms with Gasteiger partial charge in [-0.25, -0.2) is 9.59 Å². The molecule has 1 atom stereocenters. The van der Waals surface area contributed by atoms with Crippen molar-refractivity contribution >= 4 is 28.7 Å². The third kappa shape index (κ3) is 4.65. The number of carbonyl (C=O) groups excluding carboxylic acids is 1. The number of H-pyrrole nitrogens is 1. The molecule has 0 bridgehead atoms. The molecular weight excluding hydrogens is 410 g/mol. The highest BCUT2D eigenvalue weighted by molar-refractivity contribution is 6.02. The molecule has 1 aliphatic rings. The molecule has 1 unspecified atom stereocenters. The number of nitrogens with one attached hydrogen (secondary N) is 1. The number of amides is 1. The van der Waals surface area contributed by atoms with Gasteiger partial charge in [0.1, 0.15) is 0 Å². The van der Waals surface area contributed by atoms with Gasteiger partial charge in [0.25, 0.3) is 0 Å². The fourth-order valence-corrected chi connectivity index (χ4v) is 4.24. The Kier molecular flexibility index (Phi) is 6.95. The Morgan fingerprint density at radius 3 is 2.19 bits per heavy atom. The first-order valence-electron chi connectivity index (χ1n) is 10.4. The minimum atomic E-state index is -1.23. The fourth-order valence-electron chi connectivity index (χ4n) is 4.24. The van der Waals surface area contributed by atoms with Crippen molar-refractivity contribution in [3.63, 3.8) is 0 Å². The number of aromatic amines is 1. The average molecular weight is 437 g/mol. The molecule has 168 valence electrons. The summed E-state index contributed by atoms with van der Waals surface area (Å²) in [6.45, 7) is 3.27. The molecule has 3 aromatic rings. The van der Waals surface area contributed by atoms with E-state index >= 15 is 0 Å². The molecule has 0 saturated heterocycles. The largest absolute Gasteiger partial charge is 0.478 e. The molecule has 0 aliphatic heterocycles. The van der Waals surface area contributed by atoms with Crippen LogP contribution in [0.25, 0.3) is 10.9 Å². The summed E-state index contributed by atoms with van der Waals surface area (Å²) in [5.41, 5.74) is 9.36. The third-order valence-corrected chi connectivity index (χ3v) is 5.78. The van der Waals surface area contributed by atoms with Gasteiger partial charge < -0.3 is 25.8 Å². The van der Waals surface area contributed by atoms with Gasteiger partial charge in [0, 0.05) is 28.7 Å². The first-order chi connectivity index (χ1) is 15.2. The lowest BCUT2D eigenvalue weighted by atomic mass is 9.85. The molecule has 0 saturated carbocycles. The summed E-state index contributed by atoms with van der Waals surface area (Å²) in [4.78, 5) is 38.3. The van der Waals surface area contributed by atoms with Gasteiger partial charge >= 0.3 is 11.9 Å². The lowest BCUT2D eigenvalue weighted by molar-refractivity contribution is 0.0651. The Morgan fingerprint density at radius 1 is 1.03 bits per heavy atom. The summed E-state index contributed by atoms with van der Waals surface area (Å²) < 4.78 is 0. The predicted molar refractivity (Wildman–Crippen MR) is 121 cm³/mol. The van der Waals surface area contributed by atoms with Gasteiger partial charge in [-0.05, 0) is 68.2 Å². The van der Waals surface area contributed by atoms with Crippen LogP contribution in [0.4, 0.5) is 0 Å². The van der Waals surface area contributed by atoms with Gasteiger partial charge in [0.05, 0.1) is 11.1 Å². The van der Waals surface area contributed by atoms with E-state index in [0.29, 0.717) is 11.6 Å². The molecule has 8 heteroatoms. The van der Waals surface area contributed by atoms with Crippen LogP contribution in [0.1, 0.15) is 55.5 Å². The maximum absolute atomic E-state index is 11.7. The molecule has 8 nitrogen and oxygen atoms in total. The van der Waals surface area contributed by atoms with E-state index in [1.54, 1.807) is 0 Å². The summed E-state index contributed by atoms with van der Waals surface area (Å²) in [6.07, 6.45) is 5.15. The quantitative estimate of drug-likeness (QED) is 0.468. The number of aromatic nitrogens is 1. The molecule has 1 amide bonds. The summed E-state index contributed by atoms with van der Waals surface area (Å²) in [6, 6.07) is 9.73. The number of carboxylic acids is 2. The third-order valence-electron chi connectivity index (χ3n) is 5.78. The summed E-state index contributed by atoms with van der Waals surface area (Å²) in [5.74, 6) is -2.78. The van der Waals surface area contributed by atoms with Crippen LogP contribution < -0.4 is 5.73 Å². The Bertz CT molecular complexity index is 1130. The molecule has 1 aliphatic carbocycles. The number of carbonyl (C=O) groups is 3. The molecule has 1 heterocycles. The number of hydrogen-bond donors (Lipinski definition) is 4. The second-order valence-corrected chi connectivity index (χ2v) is 7.89. The highest BCUT2D eigenvalue weighted by Crippen LogP contribution is 2.33. The van der Waals surface area contributed by atoms with E-state index in [4.69, 9.17) is 15.9 Å². The number of nitrogens with two attached hydrogens (primary N) is 1. The van der Waals surface area contributed by atoms with Crippen LogP contribution >= 0.6 is 0 Å². The van der Waals surface area contributed by atoms with E-state index in [9.17, 15) is 14.4 Å². The first kappa shape index (κ1) is 23.0. The SMILES string of the molecule is CCCN(C)C1Cc2c[nH]c3ccc(C(N)=O)c(c23)C1.O=C(O)c1ccccc1C(=O)O. The van der Waals surface area contributed by atoms with Gasteiger partial charge in [0.15, 0.2) is 0 Å². The van der Waals surface area contributed by atoms with Crippen molar-refractivity contribution in [2.75, 3.05) is 13.6 Å². The highest BCUT2D eigenvalue weighted by atomic mass is 16.4. The minimum absolute atomic E-state index is 0.190. The maximum Gasteiger partial charge on any atom is 0.336 e. The van der Waals surface area contributed by atoms with Crippen molar-refractivity contribution in [1.82, 2.24) is 9.88 Å². The van der Waals surface area contributed by atoms with Crippen molar-refractivity contribution < 1.29 is 24.6 Å². The predicted octanol–water partition coefficient (Wildman–Crippen LogP) is 3.16. The topological polar surface area (TPSA) is 137 Å². The van der Waals surface area contributed by atoms with Crippen LogP contribution in [-0.2, 0) is 12.8 Å². The fraction of sp³-hybridized carbons (Fsp3) is 0.292. The summed E-state index contributed by atoms with van der Waals surface area (Å²) in [7, 11) is 2.16. The van der Waals surface area contributed by atoms with Crippen molar-refractivity contribution in [1.29, 1.82) is 0 Å². The number of nitrogens with zero attached hydrogens (tertiary/aromatic N) is 1. The smallest absolute Gasteiger partial charge is 0.336 e. The number of primary amides is 1. The van der Waals surface area contributed by atoms with Gasteiger partial charge in [-0.2, -0.15) is 0 Å². The number of carboxylic acid groups (broad SMARTS) is 2. The van der Waals surface area contributed by atoms with Gasteiger partial charge in [0.2, 0.25) is 5.91 Å². The maximum atomic E-state index is 11.7. The van der Waals surface area contributed by atoms with Crippen LogP contribution in [0.2, 0.25) is 0 Å². The average Bonchev–Trinajstić information content (AvgIpc) is 3.18. The molecule has 0 radical (unpaired) electrons. The molecule has 1 aromatic heterocycles. The van der Waals surface area contributed by atoms with Crippen molar-refractivity contribution in [2.24, 2.45) is 5.73 Å². The highest BCUT2D eigenvalue weighted by Gasteiger charge is 2.27. The van der Waals surface area contributed by atoms with E-state index in [0.717, 1.165) is 36.9 Å². The Balaban J connectivity index is 0.000000207. The zero-order valence-corrected chi connectivity index (χ0v) is 18.1. The zero-order chi connectivity index (χ0) is 23.4. The van der Waals surface area contributed by atoms with Crippen molar-refractivity contribution in [3.05, 3.63) is 70.4 Å². The van der Waals surface area contributed by atoms with Gasteiger partial charge in [-0.1, -0.05) is 19.1 Å². The number of rotatable bonds is 6. The van der Waals surface area contributed by atoms with E-state index in [1.165, 1.54) is 35.2 Å². The standard InChI is InChI=1S/C16H21N3O.C8H6O4/c1-3-6-19(2)11-7-10-9-18-14-5-4-12(16(17)20)13(8-11)15(10)14;9-7(10)5-3-1-2-4-6(5)8(11)12/h4-5,9,11,18H,3,6-8H2,1-2H3,(H2,17,20);1-4H,(H,9,10)(H,11,12). The van der Waals surface area contributed by atoms with Gasteiger partial charge in [-0.15, -0.1) is 0 Å². The van der Waals surface area contributed by atoms with Gasteiger partial charge in [-0.3, -0.25) is 4.79 Å². The summed E-state index contributed by atoms with van der Waals surface area (Å²) >= 11 is 0. The monoisotopic (exact) mass is 437 g/mol. The molecule has 4 rings (SSSR count). The Labute approximate surface area is 185 Å². The second-order valence-electron chi connectivity index (χ2n) is 7.89. The van der Waals surface area contributed by atoms with Crippen molar-refractivity contribution in [2.45, 2.75) is 32.2 Å². The lowest BCUT2D eigenvalue weighted by Crippen LogP contribution is -2.38. The molecule has 32 heavy (non-hydrogen) atoms. The number of hydrogen-bond acceptors (Lipinski definition) is 4. The number of likely N-dealkylation sites (N-methyl/N-ethyl adjacent to an activating group) is 1. The van der Waals surface area contributed by atoms with Crippen LogP contribution in [0.3, 0.4) is 0 Å². The minimum Gasteiger partial charge on any atom is -0.478 e.